The van der Waals surface area contributed by atoms with Gasteiger partial charge in [0.2, 0.25) is 0 Å². The van der Waals surface area contributed by atoms with Crippen molar-refractivity contribution in [3.05, 3.63) is 29.8 Å². The standard InChI is InChI=1S/C13H21NO3/c1-3-11-5-7-13(8-6-11)16-10-12(15)9-14-17-4-2/h5-8,12,14-15H,3-4,9-10H2,1-2H3. The lowest BCUT2D eigenvalue weighted by molar-refractivity contribution is 0.00949. The van der Waals surface area contributed by atoms with Crippen molar-refractivity contribution in [2.75, 3.05) is 19.8 Å². The summed E-state index contributed by atoms with van der Waals surface area (Å²) in [5, 5.41) is 9.57. The van der Waals surface area contributed by atoms with Crippen molar-refractivity contribution < 1.29 is 14.7 Å². The maximum absolute atomic E-state index is 9.57. The first-order valence-corrected chi connectivity index (χ1v) is 6.00. The van der Waals surface area contributed by atoms with E-state index in [0.717, 1.165) is 12.2 Å². The van der Waals surface area contributed by atoms with Gasteiger partial charge < -0.3 is 14.7 Å². The summed E-state index contributed by atoms with van der Waals surface area (Å²) >= 11 is 0. The van der Waals surface area contributed by atoms with Crippen LogP contribution in [0.1, 0.15) is 19.4 Å². The zero-order valence-electron chi connectivity index (χ0n) is 10.5. The molecule has 0 bridgehead atoms. The first-order chi connectivity index (χ1) is 8.26. The molecule has 0 fully saturated rings. The van der Waals surface area contributed by atoms with Crippen LogP contribution in [0.25, 0.3) is 0 Å². The number of benzene rings is 1. The number of hydroxylamine groups is 1. The van der Waals surface area contributed by atoms with Gasteiger partial charge in [-0.25, -0.2) is 0 Å². The lowest BCUT2D eigenvalue weighted by atomic mass is 10.2. The highest BCUT2D eigenvalue weighted by Crippen LogP contribution is 2.12. The smallest absolute Gasteiger partial charge is 0.119 e. The third-order valence-corrected chi connectivity index (χ3v) is 2.34. The van der Waals surface area contributed by atoms with Gasteiger partial charge in [-0.2, -0.15) is 5.48 Å². The van der Waals surface area contributed by atoms with Crippen molar-refractivity contribution in [1.29, 1.82) is 0 Å². The second-order valence-corrected chi connectivity index (χ2v) is 3.74. The zero-order valence-corrected chi connectivity index (χ0v) is 10.5. The van der Waals surface area contributed by atoms with Gasteiger partial charge in [0, 0.05) is 0 Å². The van der Waals surface area contributed by atoms with Crippen molar-refractivity contribution in [2.24, 2.45) is 0 Å². The van der Waals surface area contributed by atoms with E-state index in [0.29, 0.717) is 13.2 Å². The molecule has 0 aliphatic carbocycles. The van der Waals surface area contributed by atoms with Gasteiger partial charge in [0.25, 0.3) is 0 Å². The molecule has 4 nitrogen and oxygen atoms in total. The summed E-state index contributed by atoms with van der Waals surface area (Å²) in [4.78, 5) is 4.92. The number of ether oxygens (including phenoxy) is 1. The first-order valence-electron chi connectivity index (χ1n) is 6.00. The van der Waals surface area contributed by atoms with Crippen molar-refractivity contribution in [2.45, 2.75) is 26.4 Å². The summed E-state index contributed by atoms with van der Waals surface area (Å²) in [5.74, 6) is 0.776. The van der Waals surface area contributed by atoms with Crippen molar-refractivity contribution in [3.8, 4) is 5.75 Å². The fraction of sp³-hybridized carbons (Fsp3) is 0.538. The molecule has 0 radical (unpaired) electrons. The summed E-state index contributed by atoms with van der Waals surface area (Å²) in [6.45, 7) is 5.18. The van der Waals surface area contributed by atoms with E-state index >= 15 is 0 Å². The quantitative estimate of drug-likeness (QED) is 0.533. The summed E-state index contributed by atoms with van der Waals surface area (Å²) < 4.78 is 5.45. The molecule has 0 aromatic heterocycles. The molecule has 1 aromatic carbocycles. The predicted octanol–water partition coefficient (Wildman–Crippen LogP) is 1.53. The molecule has 96 valence electrons. The molecule has 2 N–H and O–H groups in total. The van der Waals surface area contributed by atoms with E-state index in [-0.39, 0.29) is 6.61 Å². The summed E-state index contributed by atoms with van der Waals surface area (Å²) in [7, 11) is 0. The van der Waals surface area contributed by atoms with Crippen LogP contribution in [0.15, 0.2) is 24.3 Å². The highest BCUT2D eigenvalue weighted by atomic mass is 16.6. The average molecular weight is 239 g/mol. The molecule has 17 heavy (non-hydrogen) atoms. The Kier molecular flexibility index (Phi) is 6.62. The van der Waals surface area contributed by atoms with Gasteiger partial charge in [-0.3, -0.25) is 0 Å². The van der Waals surface area contributed by atoms with Gasteiger partial charge in [-0.05, 0) is 31.0 Å². The highest BCUT2D eigenvalue weighted by molar-refractivity contribution is 5.27. The van der Waals surface area contributed by atoms with Crippen molar-refractivity contribution in [3.63, 3.8) is 0 Å². The normalized spacial score (nSPS) is 12.4. The fourth-order valence-corrected chi connectivity index (χ4v) is 1.33. The number of hydrogen-bond donors (Lipinski definition) is 2. The Morgan fingerprint density at radius 2 is 1.94 bits per heavy atom. The Balaban J connectivity index is 2.24. The molecule has 1 unspecified atom stereocenters. The molecule has 0 spiro atoms. The SMILES string of the molecule is CCONCC(O)COc1ccc(CC)cc1. The Bertz CT molecular complexity index is 300. The molecule has 0 aliphatic heterocycles. The Hall–Kier alpha value is -1.10. The van der Waals surface area contributed by atoms with Crippen LogP contribution in [0.2, 0.25) is 0 Å². The monoisotopic (exact) mass is 239 g/mol. The molecule has 0 amide bonds. The largest absolute Gasteiger partial charge is 0.491 e. The topological polar surface area (TPSA) is 50.7 Å². The second-order valence-electron chi connectivity index (χ2n) is 3.74. The highest BCUT2D eigenvalue weighted by Gasteiger charge is 2.04. The molecule has 4 heteroatoms. The molecule has 1 atom stereocenters. The Labute approximate surface area is 103 Å². The molecule has 0 heterocycles. The van der Waals surface area contributed by atoms with E-state index in [9.17, 15) is 5.11 Å². The van der Waals surface area contributed by atoms with Crippen LogP contribution >= 0.6 is 0 Å². The molecular weight excluding hydrogens is 218 g/mol. The van der Waals surface area contributed by atoms with Crippen LogP contribution in [0.3, 0.4) is 0 Å². The van der Waals surface area contributed by atoms with Crippen LogP contribution < -0.4 is 10.2 Å². The van der Waals surface area contributed by atoms with Gasteiger partial charge in [0.1, 0.15) is 18.5 Å². The maximum Gasteiger partial charge on any atom is 0.119 e. The number of aliphatic hydroxyl groups excluding tert-OH is 1. The van der Waals surface area contributed by atoms with E-state index in [1.807, 2.05) is 31.2 Å². The molecule has 0 saturated carbocycles. The van der Waals surface area contributed by atoms with E-state index in [2.05, 4.69) is 12.4 Å². The van der Waals surface area contributed by atoms with Crippen LogP contribution in [-0.2, 0) is 11.3 Å². The Morgan fingerprint density at radius 1 is 1.24 bits per heavy atom. The van der Waals surface area contributed by atoms with E-state index in [1.54, 1.807) is 0 Å². The van der Waals surface area contributed by atoms with Crippen LogP contribution in [-0.4, -0.2) is 31.0 Å². The Morgan fingerprint density at radius 3 is 2.53 bits per heavy atom. The fourth-order valence-electron chi connectivity index (χ4n) is 1.33. The number of rotatable bonds is 8. The third-order valence-electron chi connectivity index (χ3n) is 2.34. The zero-order chi connectivity index (χ0) is 12.5. The van der Waals surface area contributed by atoms with Crippen LogP contribution in [0.4, 0.5) is 0 Å². The summed E-state index contributed by atoms with van der Waals surface area (Å²) in [5.41, 5.74) is 3.93. The minimum atomic E-state index is -0.576. The number of hydrogen-bond acceptors (Lipinski definition) is 4. The molecule has 1 rings (SSSR count). The molecule has 1 aromatic rings. The van der Waals surface area contributed by atoms with Crippen LogP contribution in [0, 0.1) is 0 Å². The lowest BCUT2D eigenvalue weighted by Gasteiger charge is -2.13. The minimum absolute atomic E-state index is 0.256. The number of aryl methyl sites for hydroxylation is 1. The predicted molar refractivity (Wildman–Crippen MR) is 67.0 cm³/mol. The van der Waals surface area contributed by atoms with E-state index < -0.39 is 6.10 Å². The average Bonchev–Trinajstić information content (AvgIpc) is 2.37. The van der Waals surface area contributed by atoms with Crippen LogP contribution in [0.5, 0.6) is 5.75 Å². The van der Waals surface area contributed by atoms with Crippen molar-refractivity contribution >= 4 is 0 Å². The molecular formula is C13H21NO3. The number of nitrogens with one attached hydrogen (secondary N) is 1. The minimum Gasteiger partial charge on any atom is -0.491 e. The summed E-state index contributed by atoms with van der Waals surface area (Å²) in [6.07, 6.45) is 0.439. The van der Waals surface area contributed by atoms with Gasteiger partial charge in [-0.15, -0.1) is 0 Å². The van der Waals surface area contributed by atoms with E-state index in [4.69, 9.17) is 9.57 Å². The van der Waals surface area contributed by atoms with E-state index in [1.165, 1.54) is 5.56 Å². The number of aliphatic hydroxyl groups is 1. The third kappa shape index (κ3) is 5.68. The lowest BCUT2D eigenvalue weighted by Crippen LogP contribution is -2.31. The van der Waals surface area contributed by atoms with Gasteiger partial charge in [0.05, 0.1) is 13.2 Å². The van der Waals surface area contributed by atoms with Crippen molar-refractivity contribution in [1.82, 2.24) is 5.48 Å². The molecule has 0 saturated heterocycles. The maximum atomic E-state index is 9.57. The first kappa shape index (κ1) is 14.0. The summed E-state index contributed by atoms with van der Waals surface area (Å²) in [6, 6.07) is 7.89. The molecule has 0 aliphatic rings. The van der Waals surface area contributed by atoms with Gasteiger partial charge >= 0.3 is 0 Å². The van der Waals surface area contributed by atoms with Gasteiger partial charge in [-0.1, -0.05) is 19.1 Å². The second kappa shape index (κ2) is 8.06. The van der Waals surface area contributed by atoms with Gasteiger partial charge in [0.15, 0.2) is 0 Å².